The van der Waals surface area contributed by atoms with Crippen LogP contribution in [0.25, 0.3) is 0 Å². The number of hydrogen-bond acceptors (Lipinski definition) is 2. The van der Waals surface area contributed by atoms with Gasteiger partial charge in [-0.25, -0.2) is 0 Å². The lowest BCUT2D eigenvalue weighted by Gasteiger charge is -2.19. The predicted molar refractivity (Wildman–Crippen MR) is 54.5 cm³/mol. The molecule has 2 nitrogen and oxygen atoms in total. The molecule has 0 aromatic rings. The van der Waals surface area contributed by atoms with Crippen molar-refractivity contribution in [2.75, 3.05) is 14.2 Å². The molecule has 0 rings (SSSR count). The Balaban J connectivity index is 3.51. The minimum Gasteiger partial charge on any atom is -0.360 e. The molecule has 0 aromatic heterocycles. The summed E-state index contributed by atoms with van der Waals surface area (Å²) in [6, 6.07) is 0. The molecule has 0 saturated carbocycles. The molecule has 0 amide bonds. The van der Waals surface area contributed by atoms with Crippen LogP contribution in [0.15, 0.2) is 0 Å². The summed E-state index contributed by atoms with van der Waals surface area (Å²) in [6.45, 7) is 7.17. The van der Waals surface area contributed by atoms with E-state index >= 15 is 0 Å². The van der Waals surface area contributed by atoms with E-state index in [-0.39, 0.29) is 15.4 Å². The van der Waals surface area contributed by atoms with Gasteiger partial charge in [-0.1, -0.05) is 25.3 Å². The van der Waals surface area contributed by atoms with Crippen molar-refractivity contribution >= 4 is 17.6 Å². The highest BCUT2D eigenvalue weighted by Gasteiger charge is 2.16. The second kappa shape index (κ2) is 5.08. The molecule has 0 aliphatic rings. The first-order valence-corrected chi connectivity index (χ1v) is 9.57. The van der Waals surface area contributed by atoms with E-state index in [9.17, 15) is 0 Å². The lowest BCUT2D eigenvalue weighted by molar-refractivity contribution is -0.0438. The van der Waals surface area contributed by atoms with Crippen molar-refractivity contribution in [3.05, 3.63) is 0 Å². The number of rotatable bonds is 5. The summed E-state index contributed by atoms with van der Waals surface area (Å²) in [5.41, 5.74) is 1.40. The molecule has 0 aromatic carbocycles. The average molecular weight is 192 g/mol. The Morgan fingerprint density at radius 3 is 1.91 bits per heavy atom. The molecular weight excluding hydrogens is 172 g/mol. The van der Waals surface area contributed by atoms with E-state index in [0.717, 1.165) is 0 Å². The fraction of sp³-hybridized carbons (Fsp3) is 1.00. The van der Waals surface area contributed by atoms with Crippen molar-refractivity contribution in [3.8, 4) is 0 Å². The van der Waals surface area contributed by atoms with Crippen LogP contribution in [0.5, 0.6) is 0 Å². The molecule has 0 saturated heterocycles. The summed E-state index contributed by atoms with van der Waals surface area (Å²) in [7, 11) is 2.44. The van der Waals surface area contributed by atoms with Gasteiger partial charge in [0.05, 0.1) is 9.52 Å². The van der Waals surface area contributed by atoms with Gasteiger partial charge in [0.2, 0.25) is 0 Å². The molecule has 0 unspecified atom stereocenters. The van der Waals surface area contributed by atoms with Gasteiger partial charge < -0.3 is 9.47 Å². The van der Waals surface area contributed by atoms with Crippen molar-refractivity contribution in [2.45, 2.75) is 31.2 Å². The fourth-order valence-electron chi connectivity index (χ4n) is 0.883. The van der Waals surface area contributed by atoms with Gasteiger partial charge >= 0.3 is 0 Å². The smallest absolute Gasteiger partial charge is 0.133 e. The Labute approximate surface area is 73.1 Å². The molecular formula is C7H20O2Si2. The lowest BCUT2D eigenvalue weighted by Crippen LogP contribution is -2.30. The predicted octanol–water partition coefficient (Wildman–Crippen LogP) is 1.03. The molecule has 0 fully saturated rings. The van der Waals surface area contributed by atoms with Crippen molar-refractivity contribution < 1.29 is 9.47 Å². The largest absolute Gasteiger partial charge is 0.360 e. The van der Waals surface area contributed by atoms with E-state index in [1.165, 1.54) is 5.67 Å². The molecule has 0 N–H and O–H groups in total. The molecule has 0 atom stereocenters. The van der Waals surface area contributed by atoms with Gasteiger partial charge in [-0.2, -0.15) is 0 Å². The molecule has 0 spiro atoms. The maximum atomic E-state index is 5.16. The number of hydrogen-bond donors (Lipinski definition) is 0. The van der Waals surface area contributed by atoms with Crippen LogP contribution in [0.4, 0.5) is 0 Å². The highest BCUT2D eigenvalue weighted by atomic mass is 28.4. The summed E-state index contributed by atoms with van der Waals surface area (Å²) < 4.78 is 10.3. The quantitative estimate of drug-likeness (QED) is 0.478. The minimum absolute atomic E-state index is 0.140. The van der Waals surface area contributed by atoms with Gasteiger partial charge in [0.15, 0.2) is 0 Å². The summed E-state index contributed by atoms with van der Waals surface area (Å²) in [6.07, 6.45) is 0. The zero-order chi connectivity index (χ0) is 8.91. The highest BCUT2D eigenvalue weighted by molar-refractivity contribution is 6.83. The molecule has 68 valence electrons. The topological polar surface area (TPSA) is 18.5 Å². The summed E-state index contributed by atoms with van der Waals surface area (Å²) in [5, 5.41) is 0. The molecule has 4 heteroatoms. The second-order valence-electron chi connectivity index (χ2n) is 4.00. The third kappa shape index (κ3) is 6.74. The third-order valence-electron chi connectivity index (χ3n) is 1.66. The van der Waals surface area contributed by atoms with Crippen molar-refractivity contribution in [3.63, 3.8) is 0 Å². The average Bonchev–Trinajstić information content (AvgIpc) is 1.88. The van der Waals surface area contributed by atoms with Crippen LogP contribution in [0.3, 0.4) is 0 Å². The molecule has 11 heavy (non-hydrogen) atoms. The fourth-order valence-corrected chi connectivity index (χ4v) is 5.76. The maximum Gasteiger partial charge on any atom is 0.133 e. The number of ether oxygens (including phenoxy) is 2. The Morgan fingerprint density at radius 1 is 1.18 bits per heavy atom. The van der Waals surface area contributed by atoms with Crippen molar-refractivity contribution in [1.29, 1.82) is 0 Å². The van der Waals surface area contributed by atoms with Gasteiger partial charge in [-0.3, -0.25) is 0 Å². The normalized spacial score (nSPS) is 13.6. The van der Waals surface area contributed by atoms with Crippen LogP contribution < -0.4 is 0 Å². The monoisotopic (exact) mass is 192 g/mol. The third-order valence-corrected chi connectivity index (χ3v) is 9.95. The van der Waals surface area contributed by atoms with Crippen LogP contribution in [-0.4, -0.2) is 37.7 Å². The van der Waals surface area contributed by atoms with Gasteiger partial charge in [-0.05, 0) is 0 Å². The Bertz CT molecular complexity index is 97.1. The first-order chi connectivity index (χ1) is 4.99. The van der Waals surface area contributed by atoms with E-state index in [1.807, 2.05) is 0 Å². The van der Waals surface area contributed by atoms with Gasteiger partial charge in [-0.15, -0.1) is 0 Å². The van der Waals surface area contributed by atoms with Crippen molar-refractivity contribution in [2.24, 2.45) is 0 Å². The Hall–Kier alpha value is 0.354. The first-order valence-electron chi connectivity index (χ1n) is 4.05. The van der Waals surface area contributed by atoms with Crippen molar-refractivity contribution in [1.82, 2.24) is 0 Å². The zero-order valence-corrected chi connectivity index (χ0v) is 10.7. The lowest BCUT2D eigenvalue weighted by atomic mass is 11.3. The Kier molecular flexibility index (Phi) is 5.24. The molecule has 0 aliphatic carbocycles. The first kappa shape index (κ1) is 11.4. The van der Waals surface area contributed by atoms with Gasteiger partial charge in [0.1, 0.15) is 5.91 Å². The zero-order valence-electron chi connectivity index (χ0n) is 8.31. The van der Waals surface area contributed by atoms with Gasteiger partial charge in [0, 0.05) is 22.3 Å². The van der Waals surface area contributed by atoms with E-state index in [2.05, 4.69) is 19.6 Å². The standard InChI is InChI=1S/C7H20O2Si2/c1-8-7(9-2)10-6-11(3,4)5/h7H,6,10H2,1-5H3. The molecule has 0 heterocycles. The second-order valence-corrected chi connectivity index (χ2v) is 12.4. The van der Waals surface area contributed by atoms with Gasteiger partial charge in [0.25, 0.3) is 0 Å². The summed E-state index contributed by atoms with van der Waals surface area (Å²) >= 11 is 0. The SMILES string of the molecule is COC(OC)[SiH2]C[Si](C)(C)C. The highest BCUT2D eigenvalue weighted by Crippen LogP contribution is 2.07. The van der Waals surface area contributed by atoms with E-state index in [0.29, 0.717) is 0 Å². The summed E-state index contributed by atoms with van der Waals surface area (Å²) in [4.78, 5) is 0. The van der Waals surface area contributed by atoms with E-state index in [4.69, 9.17) is 9.47 Å². The van der Waals surface area contributed by atoms with E-state index < -0.39 is 8.07 Å². The molecule has 0 aliphatic heterocycles. The summed E-state index contributed by atoms with van der Waals surface area (Å²) in [5.74, 6) is 0.140. The Morgan fingerprint density at radius 2 is 1.64 bits per heavy atom. The van der Waals surface area contributed by atoms with Crippen LogP contribution in [-0.2, 0) is 9.47 Å². The maximum absolute atomic E-state index is 5.16. The van der Waals surface area contributed by atoms with Crippen LogP contribution >= 0.6 is 0 Å². The minimum atomic E-state index is -0.851. The van der Waals surface area contributed by atoms with Crippen LogP contribution in [0.2, 0.25) is 25.3 Å². The van der Waals surface area contributed by atoms with Crippen LogP contribution in [0.1, 0.15) is 0 Å². The molecule has 0 radical (unpaired) electrons. The molecule has 0 bridgehead atoms. The number of methoxy groups -OCH3 is 2. The van der Waals surface area contributed by atoms with Crippen LogP contribution in [0, 0.1) is 0 Å². The van der Waals surface area contributed by atoms with E-state index in [1.54, 1.807) is 14.2 Å².